The number of hydrogen-bond donors (Lipinski definition) is 1. The van der Waals surface area contributed by atoms with Gasteiger partial charge in [0.25, 0.3) is 5.91 Å². The van der Waals surface area contributed by atoms with E-state index in [0.717, 1.165) is 17.7 Å². The molecule has 144 valence electrons. The fraction of sp³-hybridized carbons (Fsp3) is 0.273. The average molecular weight is 377 g/mol. The average Bonchev–Trinajstić information content (AvgIpc) is 3.24. The number of benzene rings is 2. The molecular formula is C22H23N3O3. The molecule has 4 rings (SSSR count). The Balaban J connectivity index is 1.51. The number of carbonyl (C=O) groups is 1. The number of methoxy groups -OCH3 is 1. The van der Waals surface area contributed by atoms with Crippen LogP contribution in [-0.4, -0.2) is 53.9 Å². The summed E-state index contributed by atoms with van der Waals surface area (Å²) in [7, 11) is 1.62. The Bertz CT molecular complexity index is 939. The zero-order chi connectivity index (χ0) is 19.3. The van der Waals surface area contributed by atoms with Crippen molar-refractivity contribution in [3.05, 3.63) is 71.9 Å². The van der Waals surface area contributed by atoms with E-state index < -0.39 is 0 Å². The number of aromatic amines is 1. The number of amides is 1. The second kappa shape index (κ2) is 8.27. The molecule has 0 spiro atoms. The van der Waals surface area contributed by atoms with Gasteiger partial charge in [-0.2, -0.15) is 5.10 Å². The minimum Gasteiger partial charge on any atom is -0.497 e. The Morgan fingerprint density at radius 3 is 2.93 bits per heavy atom. The molecule has 1 amide bonds. The van der Waals surface area contributed by atoms with E-state index in [-0.39, 0.29) is 12.0 Å². The quantitative estimate of drug-likeness (QED) is 0.742. The molecule has 6 heteroatoms. The first-order valence-electron chi connectivity index (χ1n) is 9.37. The van der Waals surface area contributed by atoms with Gasteiger partial charge in [-0.25, -0.2) is 0 Å². The van der Waals surface area contributed by atoms with Gasteiger partial charge in [0.05, 0.1) is 37.3 Å². The maximum Gasteiger partial charge on any atom is 0.257 e. The number of rotatable bonds is 5. The molecule has 1 saturated heterocycles. The lowest BCUT2D eigenvalue weighted by Crippen LogP contribution is -2.46. The summed E-state index contributed by atoms with van der Waals surface area (Å²) in [6, 6.07) is 17.8. The molecule has 0 aliphatic carbocycles. The predicted octanol–water partition coefficient (Wildman–Crippen LogP) is 3.17. The maximum absolute atomic E-state index is 13.2. The van der Waals surface area contributed by atoms with E-state index in [1.165, 1.54) is 5.56 Å². The number of nitrogens with one attached hydrogen (secondary N) is 1. The Kier molecular flexibility index (Phi) is 5.39. The van der Waals surface area contributed by atoms with E-state index in [9.17, 15) is 4.79 Å². The van der Waals surface area contributed by atoms with Gasteiger partial charge in [0, 0.05) is 25.1 Å². The SMILES string of the molecule is COc1cccc(-c2[nH]ncc2C(=O)N2CCO[C@H](Cc3ccccc3)C2)c1. The molecule has 1 aliphatic heterocycles. The summed E-state index contributed by atoms with van der Waals surface area (Å²) >= 11 is 0. The monoisotopic (exact) mass is 377 g/mol. The number of nitrogens with zero attached hydrogens (tertiary/aromatic N) is 2. The van der Waals surface area contributed by atoms with Gasteiger partial charge in [-0.05, 0) is 17.7 Å². The second-order valence-electron chi connectivity index (χ2n) is 6.82. The molecule has 6 nitrogen and oxygen atoms in total. The third kappa shape index (κ3) is 3.92. The Labute approximate surface area is 164 Å². The van der Waals surface area contributed by atoms with E-state index in [1.54, 1.807) is 13.3 Å². The lowest BCUT2D eigenvalue weighted by Gasteiger charge is -2.33. The number of H-pyrrole nitrogens is 1. The minimum absolute atomic E-state index is 0.00716. The number of hydrogen-bond acceptors (Lipinski definition) is 4. The van der Waals surface area contributed by atoms with Crippen molar-refractivity contribution in [2.24, 2.45) is 0 Å². The highest BCUT2D eigenvalue weighted by Gasteiger charge is 2.27. The first-order valence-corrected chi connectivity index (χ1v) is 9.37. The van der Waals surface area contributed by atoms with Crippen molar-refractivity contribution >= 4 is 5.91 Å². The molecular weight excluding hydrogens is 354 g/mol. The highest BCUT2D eigenvalue weighted by Crippen LogP contribution is 2.26. The molecule has 28 heavy (non-hydrogen) atoms. The highest BCUT2D eigenvalue weighted by molar-refractivity contribution is 5.99. The van der Waals surface area contributed by atoms with Crippen molar-refractivity contribution in [2.75, 3.05) is 26.8 Å². The van der Waals surface area contributed by atoms with Crippen LogP contribution in [0.25, 0.3) is 11.3 Å². The second-order valence-corrected chi connectivity index (χ2v) is 6.82. The van der Waals surface area contributed by atoms with Crippen molar-refractivity contribution in [3.8, 4) is 17.0 Å². The summed E-state index contributed by atoms with van der Waals surface area (Å²) < 4.78 is 11.2. The van der Waals surface area contributed by atoms with Gasteiger partial charge in [0.1, 0.15) is 5.75 Å². The first kappa shape index (κ1) is 18.3. The van der Waals surface area contributed by atoms with Crippen LogP contribution in [0.3, 0.4) is 0 Å². The maximum atomic E-state index is 13.2. The summed E-state index contributed by atoms with van der Waals surface area (Å²) in [5.41, 5.74) is 3.35. The zero-order valence-corrected chi connectivity index (χ0v) is 15.8. The van der Waals surface area contributed by atoms with Crippen LogP contribution in [0.15, 0.2) is 60.8 Å². The van der Waals surface area contributed by atoms with Crippen molar-refractivity contribution in [1.82, 2.24) is 15.1 Å². The smallest absolute Gasteiger partial charge is 0.257 e. The summed E-state index contributed by atoms with van der Waals surface area (Å²) in [6.07, 6.45) is 2.38. The molecule has 3 aromatic rings. The molecule has 1 fully saturated rings. The minimum atomic E-state index is -0.0343. The van der Waals surface area contributed by atoms with E-state index in [4.69, 9.17) is 9.47 Å². The first-order chi connectivity index (χ1) is 13.7. The molecule has 2 heterocycles. The topological polar surface area (TPSA) is 67.5 Å². The van der Waals surface area contributed by atoms with Crippen LogP contribution < -0.4 is 4.74 Å². The number of carbonyl (C=O) groups excluding carboxylic acids is 1. The van der Waals surface area contributed by atoms with Crippen molar-refractivity contribution < 1.29 is 14.3 Å². The van der Waals surface area contributed by atoms with Crippen molar-refractivity contribution in [2.45, 2.75) is 12.5 Å². The van der Waals surface area contributed by atoms with Gasteiger partial charge in [0.15, 0.2) is 0 Å². The van der Waals surface area contributed by atoms with Gasteiger partial charge in [-0.15, -0.1) is 0 Å². The fourth-order valence-corrected chi connectivity index (χ4v) is 3.52. The van der Waals surface area contributed by atoms with E-state index in [0.29, 0.717) is 31.0 Å². The van der Waals surface area contributed by atoms with Crippen LogP contribution in [0.5, 0.6) is 5.75 Å². The normalized spacial score (nSPS) is 16.8. The van der Waals surface area contributed by atoms with Crippen LogP contribution >= 0.6 is 0 Å². The molecule has 1 N–H and O–H groups in total. The van der Waals surface area contributed by atoms with E-state index in [1.807, 2.05) is 47.4 Å². The molecule has 1 aliphatic rings. The molecule has 2 aromatic carbocycles. The summed E-state index contributed by atoms with van der Waals surface area (Å²) in [4.78, 5) is 15.0. The van der Waals surface area contributed by atoms with Crippen LogP contribution in [-0.2, 0) is 11.2 Å². The molecule has 0 radical (unpaired) electrons. The molecule has 0 saturated carbocycles. The molecule has 0 bridgehead atoms. The summed E-state index contributed by atoms with van der Waals surface area (Å²) in [6.45, 7) is 1.68. The van der Waals surface area contributed by atoms with Gasteiger partial charge in [-0.1, -0.05) is 42.5 Å². The number of morpholine rings is 1. The van der Waals surface area contributed by atoms with Gasteiger partial charge in [0.2, 0.25) is 0 Å². The lowest BCUT2D eigenvalue weighted by molar-refractivity contribution is -0.0207. The van der Waals surface area contributed by atoms with E-state index in [2.05, 4.69) is 22.3 Å². The fourth-order valence-electron chi connectivity index (χ4n) is 3.52. The van der Waals surface area contributed by atoms with Gasteiger partial charge >= 0.3 is 0 Å². The summed E-state index contributed by atoms with van der Waals surface area (Å²) in [5.74, 6) is 0.702. The molecule has 0 unspecified atom stereocenters. The third-order valence-corrected chi connectivity index (χ3v) is 4.96. The Morgan fingerprint density at radius 2 is 2.11 bits per heavy atom. The predicted molar refractivity (Wildman–Crippen MR) is 106 cm³/mol. The lowest BCUT2D eigenvalue weighted by atomic mass is 10.0. The largest absolute Gasteiger partial charge is 0.497 e. The van der Waals surface area contributed by atoms with Gasteiger partial charge < -0.3 is 14.4 Å². The molecule has 1 atom stereocenters. The Hall–Kier alpha value is -3.12. The number of ether oxygens (including phenoxy) is 2. The number of aromatic nitrogens is 2. The van der Waals surface area contributed by atoms with Crippen LogP contribution in [0, 0.1) is 0 Å². The van der Waals surface area contributed by atoms with Crippen LogP contribution in [0.4, 0.5) is 0 Å². The third-order valence-electron chi connectivity index (χ3n) is 4.96. The summed E-state index contributed by atoms with van der Waals surface area (Å²) in [5, 5.41) is 7.07. The Morgan fingerprint density at radius 1 is 1.25 bits per heavy atom. The highest BCUT2D eigenvalue weighted by atomic mass is 16.5. The molecule has 1 aromatic heterocycles. The van der Waals surface area contributed by atoms with Crippen molar-refractivity contribution in [1.29, 1.82) is 0 Å². The van der Waals surface area contributed by atoms with E-state index >= 15 is 0 Å². The van der Waals surface area contributed by atoms with Gasteiger partial charge in [-0.3, -0.25) is 9.89 Å². The van der Waals surface area contributed by atoms with Crippen LogP contribution in [0.2, 0.25) is 0 Å². The zero-order valence-electron chi connectivity index (χ0n) is 15.8. The standard InChI is InChI=1S/C22H23N3O3/c1-27-18-9-5-8-17(13-18)21-20(14-23-24-21)22(26)25-10-11-28-19(15-25)12-16-6-3-2-4-7-16/h2-9,13-14,19H,10-12,15H2,1H3,(H,23,24)/t19-/m1/s1. The van der Waals surface area contributed by atoms with Crippen molar-refractivity contribution in [3.63, 3.8) is 0 Å². The van der Waals surface area contributed by atoms with Crippen LogP contribution in [0.1, 0.15) is 15.9 Å².